The predicted molar refractivity (Wildman–Crippen MR) is 90.3 cm³/mol. The van der Waals surface area contributed by atoms with E-state index in [9.17, 15) is 4.79 Å². The summed E-state index contributed by atoms with van der Waals surface area (Å²) in [5.41, 5.74) is 3.32. The number of amides is 1. The standard InChI is InChI=1S/C16H25N3O.ClH/c1-4-14-7-5-6-12(2)16(14)18-15(20)11-19-9-8-17-13(3)10-19;/h5-7,13,17H,4,8-11H2,1-3H3,(H,18,20);1H. The van der Waals surface area contributed by atoms with E-state index in [4.69, 9.17) is 0 Å². The van der Waals surface area contributed by atoms with Crippen molar-refractivity contribution in [2.45, 2.75) is 33.2 Å². The third-order valence-corrected chi connectivity index (χ3v) is 3.82. The van der Waals surface area contributed by atoms with Gasteiger partial charge in [-0.3, -0.25) is 9.69 Å². The van der Waals surface area contributed by atoms with Crippen molar-refractivity contribution < 1.29 is 4.79 Å². The molecule has 2 N–H and O–H groups in total. The molecule has 1 aromatic rings. The van der Waals surface area contributed by atoms with Crippen molar-refractivity contribution in [2.24, 2.45) is 0 Å². The first kappa shape index (κ1) is 18.0. The number of halogens is 1. The minimum Gasteiger partial charge on any atom is -0.324 e. The van der Waals surface area contributed by atoms with Crippen LogP contribution in [0.1, 0.15) is 25.0 Å². The van der Waals surface area contributed by atoms with E-state index < -0.39 is 0 Å². The minimum atomic E-state index is 0. The number of aryl methyl sites for hydroxylation is 2. The van der Waals surface area contributed by atoms with Crippen LogP contribution in [0.5, 0.6) is 0 Å². The Bertz CT molecular complexity index is 479. The molecule has 1 aliphatic heterocycles. The van der Waals surface area contributed by atoms with Gasteiger partial charge in [0.05, 0.1) is 6.54 Å². The van der Waals surface area contributed by atoms with Gasteiger partial charge in [0.25, 0.3) is 0 Å². The molecule has 1 fully saturated rings. The van der Waals surface area contributed by atoms with Gasteiger partial charge in [-0.1, -0.05) is 25.1 Å². The first-order valence-corrected chi connectivity index (χ1v) is 7.44. The Morgan fingerprint density at radius 3 is 2.90 bits per heavy atom. The molecule has 0 aromatic heterocycles. The van der Waals surface area contributed by atoms with E-state index in [2.05, 4.69) is 35.4 Å². The molecule has 1 saturated heterocycles. The summed E-state index contributed by atoms with van der Waals surface area (Å²) in [6.07, 6.45) is 0.933. The van der Waals surface area contributed by atoms with Crippen molar-refractivity contribution in [3.8, 4) is 0 Å². The molecule has 1 aliphatic rings. The molecule has 1 amide bonds. The highest BCUT2D eigenvalue weighted by atomic mass is 35.5. The SMILES string of the molecule is CCc1cccc(C)c1NC(=O)CN1CCNC(C)C1.Cl. The van der Waals surface area contributed by atoms with Gasteiger partial charge in [-0.05, 0) is 31.4 Å². The lowest BCUT2D eigenvalue weighted by Crippen LogP contribution is -2.51. The second kappa shape index (κ2) is 8.37. The first-order valence-electron chi connectivity index (χ1n) is 7.44. The molecular formula is C16H26ClN3O. The van der Waals surface area contributed by atoms with Gasteiger partial charge in [-0.25, -0.2) is 0 Å². The number of anilines is 1. The van der Waals surface area contributed by atoms with Gasteiger partial charge in [0, 0.05) is 31.4 Å². The molecule has 0 radical (unpaired) electrons. The molecule has 1 aromatic carbocycles. The van der Waals surface area contributed by atoms with E-state index in [0.717, 1.165) is 37.3 Å². The summed E-state index contributed by atoms with van der Waals surface area (Å²) in [5, 5.41) is 6.48. The third kappa shape index (κ3) is 4.99. The number of rotatable bonds is 4. The molecule has 21 heavy (non-hydrogen) atoms. The van der Waals surface area contributed by atoms with Crippen LogP contribution in [0.4, 0.5) is 5.69 Å². The molecular weight excluding hydrogens is 286 g/mol. The van der Waals surface area contributed by atoms with Gasteiger partial charge in [0.15, 0.2) is 0 Å². The number of piperazine rings is 1. The predicted octanol–water partition coefficient (Wildman–Crippen LogP) is 2.21. The maximum atomic E-state index is 12.2. The number of hydrogen-bond donors (Lipinski definition) is 2. The van der Waals surface area contributed by atoms with Crippen LogP contribution in [-0.2, 0) is 11.2 Å². The summed E-state index contributed by atoms with van der Waals surface area (Å²) < 4.78 is 0. The number of carbonyl (C=O) groups is 1. The average Bonchev–Trinajstić information content (AvgIpc) is 2.41. The third-order valence-electron chi connectivity index (χ3n) is 3.82. The lowest BCUT2D eigenvalue weighted by molar-refractivity contribution is -0.117. The minimum absolute atomic E-state index is 0. The zero-order valence-corrected chi connectivity index (χ0v) is 13.9. The highest BCUT2D eigenvalue weighted by molar-refractivity contribution is 5.93. The van der Waals surface area contributed by atoms with Gasteiger partial charge in [0.1, 0.15) is 0 Å². The van der Waals surface area contributed by atoms with Crippen LogP contribution in [0.15, 0.2) is 18.2 Å². The normalized spacial score (nSPS) is 18.9. The summed E-state index contributed by atoms with van der Waals surface area (Å²) in [6.45, 7) is 9.61. The van der Waals surface area contributed by atoms with Crippen LogP contribution < -0.4 is 10.6 Å². The van der Waals surface area contributed by atoms with Gasteiger partial charge >= 0.3 is 0 Å². The largest absolute Gasteiger partial charge is 0.324 e. The maximum absolute atomic E-state index is 12.2. The van der Waals surface area contributed by atoms with E-state index in [-0.39, 0.29) is 18.3 Å². The molecule has 0 spiro atoms. The number of para-hydroxylation sites is 1. The smallest absolute Gasteiger partial charge is 0.238 e. The fraction of sp³-hybridized carbons (Fsp3) is 0.562. The number of nitrogens with one attached hydrogen (secondary N) is 2. The van der Waals surface area contributed by atoms with E-state index in [1.807, 2.05) is 19.1 Å². The van der Waals surface area contributed by atoms with Crippen LogP contribution in [0.3, 0.4) is 0 Å². The summed E-state index contributed by atoms with van der Waals surface area (Å²) in [5.74, 6) is 0.0862. The molecule has 2 rings (SSSR count). The van der Waals surface area contributed by atoms with Crippen molar-refractivity contribution >= 4 is 24.0 Å². The fourth-order valence-corrected chi connectivity index (χ4v) is 2.74. The van der Waals surface area contributed by atoms with Crippen molar-refractivity contribution in [1.82, 2.24) is 10.2 Å². The number of hydrogen-bond acceptors (Lipinski definition) is 3. The van der Waals surface area contributed by atoms with E-state index >= 15 is 0 Å². The van der Waals surface area contributed by atoms with Crippen molar-refractivity contribution in [1.29, 1.82) is 0 Å². The van der Waals surface area contributed by atoms with Gasteiger partial charge in [-0.15, -0.1) is 12.4 Å². The van der Waals surface area contributed by atoms with Crippen LogP contribution in [0.2, 0.25) is 0 Å². The molecule has 1 unspecified atom stereocenters. The lowest BCUT2D eigenvalue weighted by atomic mass is 10.1. The second-order valence-corrected chi connectivity index (χ2v) is 5.60. The number of nitrogens with zero attached hydrogens (tertiary/aromatic N) is 1. The van der Waals surface area contributed by atoms with Crippen molar-refractivity contribution in [3.05, 3.63) is 29.3 Å². The van der Waals surface area contributed by atoms with Crippen molar-refractivity contribution in [2.75, 3.05) is 31.5 Å². The molecule has 5 heteroatoms. The molecule has 0 bridgehead atoms. The summed E-state index contributed by atoms with van der Waals surface area (Å²) in [4.78, 5) is 14.4. The van der Waals surface area contributed by atoms with E-state index in [1.54, 1.807) is 0 Å². The first-order chi connectivity index (χ1) is 9.60. The fourth-order valence-electron chi connectivity index (χ4n) is 2.74. The number of benzene rings is 1. The molecule has 4 nitrogen and oxygen atoms in total. The zero-order chi connectivity index (χ0) is 14.5. The van der Waals surface area contributed by atoms with Crippen LogP contribution >= 0.6 is 12.4 Å². The summed E-state index contributed by atoms with van der Waals surface area (Å²) in [6, 6.07) is 6.63. The second-order valence-electron chi connectivity index (χ2n) is 5.60. The lowest BCUT2D eigenvalue weighted by Gasteiger charge is -2.31. The summed E-state index contributed by atoms with van der Waals surface area (Å²) in [7, 11) is 0. The Kier molecular flexibility index (Phi) is 7.15. The van der Waals surface area contributed by atoms with Crippen molar-refractivity contribution in [3.63, 3.8) is 0 Å². The average molecular weight is 312 g/mol. The van der Waals surface area contributed by atoms with Crippen LogP contribution in [0.25, 0.3) is 0 Å². The molecule has 0 aliphatic carbocycles. The van der Waals surface area contributed by atoms with Gasteiger partial charge < -0.3 is 10.6 Å². The molecule has 1 heterocycles. The Balaban J connectivity index is 0.00000220. The van der Waals surface area contributed by atoms with Crippen LogP contribution in [-0.4, -0.2) is 43.0 Å². The Morgan fingerprint density at radius 1 is 1.48 bits per heavy atom. The van der Waals surface area contributed by atoms with Crippen LogP contribution in [0, 0.1) is 6.92 Å². The maximum Gasteiger partial charge on any atom is 0.238 e. The zero-order valence-electron chi connectivity index (χ0n) is 13.1. The van der Waals surface area contributed by atoms with E-state index in [1.165, 1.54) is 5.56 Å². The monoisotopic (exact) mass is 311 g/mol. The van der Waals surface area contributed by atoms with Gasteiger partial charge in [0.2, 0.25) is 5.91 Å². The molecule has 0 saturated carbocycles. The highest BCUT2D eigenvalue weighted by Gasteiger charge is 2.18. The molecule has 118 valence electrons. The highest BCUT2D eigenvalue weighted by Crippen LogP contribution is 2.21. The Hall–Kier alpha value is -1.10. The quantitative estimate of drug-likeness (QED) is 0.896. The summed E-state index contributed by atoms with van der Waals surface area (Å²) >= 11 is 0. The van der Waals surface area contributed by atoms with Gasteiger partial charge in [-0.2, -0.15) is 0 Å². The Morgan fingerprint density at radius 2 is 2.24 bits per heavy atom. The Labute approximate surface area is 133 Å². The van der Waals surface area contributed by atoms with E-state index in [0.29, 0.717) is 12.6 Å². The molecule has 1 atom stereocenters. The topological polar surface area (TPSA) is 44.4 Å². The number of carbonyl (C=O) groups excluding carboxylic acids is 1.